The predicted molar refractivity (Wildman–Crippen MR) is 140 cm³/mol. The second-order valence-corrected chi connectivity index (χ2v) is 11.0. The summed E-state index contributed by atoms with van der Waals surface area (Å²) in [5, 5.41) is 1.35. The summed E-state index contributed by atoms with van der Waals surface area (Å²) in [6, 6.07) is 20.4. The van der Waals surface area contributed by atoms with Crippen molar-refractivity contribution in [2.24, 2.45) is 0 Å². The number of nitrogens with one attached hydrogen (secondary N) is 1. The van der Waals surface area contributed by atoms with Crippen molar-refractivity contribution < 1.29 is 18.1 Å². The Labute approximate surface area is 210 Å². The van der Waals surface area contributed by atoms with E-state index in [4.69, 9.17) is 16.3 Å². The van der Waals surface area contributed by atoms with E-state index in [0.717, 1.165) is 41.0 Å². The van der Waals surface area contributed by atoms with Gasteiger partial charge >= 0.3 is 0 Å². The van der Waals surface area contributed by atoms with Crippen LogP contribution in [0.25, 0.3) is 10.9 Å². The van der Waals surface area contributed by atoms with Crippen LogP contribution in [-0.4, -0.2) is 41.7 Å². The summed E-state index contributed by atoms with van der Waals surface area (Å²) in [5.41, 5.74) is 3.56. The molecule has 0 aliphatic carbocycles. The minimum Gasteiger partial charge on any atom is -0.495 e. The largest absolute Gasteiger partial charge is 0.495 e. The van der Waals surface area contributed by atoms with Gasteiger partial charge in [0.2, 0.25) is 15.4 Å². The van der Waals surface area contributed by atoms with Gasteiger partial charge in [0.15, 0.2) is 11.1 Å². The SMILES string of the molecule is COc1ccccc1N1CCN(c2c(S(=O)(=O)c3ccc(C)cc3)c[nH+]c3ccc(Cl)cc23)CC1. The molecule has 3 aromatic carbocycles. The van der Waals surface area contributed by atoms with Gasteiger partial charge in [-0.3, -0.25) is 0 Å². The number of methoxy groups -OCH3 is 1. The zero-order chi connectivity index (χ0) is 24.6. The number of pyridine rings is 1. The summed E-state index contributed by atoms with van der Waals surface area (Å²) < 4.78 is 33.1. The molecule has 0 bridgehead atoms. The molecule has 180 valence electrons. The number of anilines is 2. The maximum absolute atomic E-state index is 13.8. The Kier molecular flexibility index (Phi) is 6.30. The number of benzene rings is 3. The molecule has 0 amide bonds. The van der Waals surface area contributed by atoms with E-state index in [2.05, 4.69) is 20.9 Å². The van der Waals surface area contributed by atoms with Gasteiger partial charge in [-0.1, -0.05) is 41.4 Å². The minimum absolute atomic E-state index is 0.252. The standard InChI is InChI=1S/C27H26ClN3O3S/c1-19-7-10-21(11-8-19)35(32,33)26-18-29-23-12-9-20(28)17-22(23)27(26)31-15-13-30(14-16-31)24-5-3-4-6-25(24)34-2/h3-12,17-18H,13-16H2,1-2H3/p+1. The summed E-state index contributed by atoms with van der Waals surface area (Å²) in [7, 11) is -2.09. The zero-order valence-electron chi connectivity index (χ0n) is 19.7. The number of rotatable bonds is 5. The first-order valence-corrected chi connectivity index (χ1v) is 13.3. The van der Waals surface area contributed by atoms with Crippen LogP contribution in [0.1, 0.15) is 5.56 Å². The molecule has 6 nitrogen and oxygen atoms in total. The lowest BCUT2D eigenvalue weighted by molar-refractivity contribution is -0.347. The molecular formula is C27H27ClN3O3S+. The molecule has 2 heterocycles. The Bertz CT molecular complexity index is 1480. The minimum atomic E-state index is -3.77. The molecule has 0 atom stereocenters. The second kappa shape index (κ2) is 9.40. The van der Waals surface area contributed by atoms with Crippen LogP contribution in [0.5, 0.6) is 5.75 Å². The number of ether oxygens (including phenoxy) is 1. The third-order valence-corrected chi connectivity index (χ3v) is 8.49. The van der Waals surface area contributed by atoms with Crippen LogP contribution in [0, 0.1) is 6.92 Å². The highest BCUT2D eigenvalue weighted by molar-refractivity contribution is 7.91. The molecule has 8 heteroatoms. The molecule has 1 saturated heterocycles. The molecule has 1 fully saturated rings. The Morgan fingerprint density at radius 2 is 1.60 bits per heavy atom. The van der Waals surface area contributed by atoms with E-state index in [1.807, 2.05) is 49.4 Å². The number of H-pyrrole nitrogens is 1. The molecule has 1 N–H and O–H groups in total. The Morgan fingerprint density at radius 3 is 2.31 bits per heavy atom. The van der Waals surface area contributed by atoms with Gasteiger partial charge in [0.05, 0.1) is 28.8 Å². The Morgan fingerprint density at radius 1 is 0.914 bits per heavy atom. The van der Waals surface area contributed by atoms with Gasteiger partial charge in [-0.25, -0.2) is 13.4 Å². The molecular weight excluding hydrogens is 482 g/mol. The van der Waals surface area contributed by atoms with Crippen LogP contribution in [0.4, 0.5) is 11.4 Å². The average Bonchev–Trinajstić information content (AvgIpc) is 2.88. The number of aromatic nitrogens is 1. The third kappa shape index (κ3) is 4.42. The van der Waals surface area contributed by atoms with Crippen molar-refractivity contribution in [1.82, 2.24) is 0 Å². The van der Waals surface area contributed by atoms with Crippen molar-refractivity contribution in [3.63, 3.8) is 0 Å². The molecule has 5 rings (SSSR count). The summed E-state index contributed by atoms with van der Waals surface area (Å²) in [6.07, 6.45) is 1.60. The molecule has 0 unspecified atom stereocenters. The van der Waals surface area contributed by atoms with Gasteiger partial charge in [0, 0.05) is 37.3 Å². The number of nitrogens with zero attached hydrogens (tertiary/aromatic N) is 2. The molecule has 4 aromatic rings. The molecule has 0 radical (unpaired) electrons. The highest BCUT2D eigenvalue weighted by Gasteiger charge is 2.31. The number of piperazine rings is 1. The van der Waals surface area contributed by atoms with Gasteiger partial charge in [-0.05, 0) is 43.3 Å². The van der Waals surface area contributed by atoms with Gasteiger partial charge < -0.3 is 14.5 Å². The predicted octanol–water partition coefficient (Wildman–Crippen LogP) is 4.78. The van der Waals surface area contributed by atoms with E-state index in [-0.39, 0.29) is 9.79 Å². The number of fused-ring (bicyclic) bond motifs is 1. The van der Waals surface area contributed by atoms with Crippen LogP contribution in [0.2, 0.25) is 5.02 Å². The number of sulfone groups is 1. The lowest BCUT2D eigenvalue weighted by atomic mass is 10.1. The van der Waals surface area contributed by atoms with Crippen LogP contribution in [-0.2, 0) is 9.84 Å². The fourth-order valence-electron chi connectivity index (χ4n) is 4.62. The monoisotopic (exact) mass is 508 g/mol. The highest BCUT2D eigenvalue weighted by atomic mass is 35.5. The third-order valence-electron chi connectivity index (χ3n) is 6.47. The van der Waals surface area contributed by atoms with Crippen molar-refractivity contribution in [2.75, 3.05) is 43.1 Å². The first-order chi connectivity index (χ1) is 16.9. The highest BCUT2D eigenvalue weighted by Crippen LogP contribution is 2.37. The van der Waals surface area contributed by atoms with Crippen molar-refractivity contribution in [1.29, 1.82) is 0 Å². The molecule has 1 aliphatic rings. The number of para-hydroxylation sites is 2. The number of halogens is 1. The van der Waals surface area contributed by atoms with Crippen LogP contribution in [0.3, 0.4) is 0 Å². The van der Waals surface area contributed by atoms with Gasteiger partial charge in [0.1, 0.15) is 5.75 Å². The van der Waals surface area contributed by atoms with Crippen LogP contribution < -0.4 is 19.5 Å². The topological polar surface area (TPSA) is 64.0 Å². The molecule has 0 saturated carbocycles. The normalized spacial score (nSPS) is 14.4. The average molecular weight is 509 g/mol. The van der Waals surface area contributed by atoms with Gasteiger partial charge in [-0.15, -0.1) is 0 Å². The van der Waals surface area contributed by atoms with Gasteiger partial charge in [-0.2, -0.15) is 0 Å². The maximum Gasteiger partial charge on any atom is 0.214 e. The van der Waals surface area contributed by atoms with Crippen molar-refractivity contribution >= 4 is 43.7 Å². The summed E-state index contributed by atoms with van der Waals surface area (Å²) in [6.45, 7) is 4.70. The Balaban J connectivity index is 1.57. The van der Waals surface area contributed by atoms with E-state index in [9.17, 15) is 8.42 Å². The fourth-order valence-corrected chi connectivity index (χ4v) is 6.25. The smallest absolute Gasteiger partial charge is 0.214 e. The van der Waals surface area contributed by atoms with Crippen molar-refractivity contribution in [3.05, 3.63) is 83.5 Å². The van der Waals surface area contributed by atoms with E-state index < -0.39 is 9.84 Å². The lowest BCUT2D eigenvalue weighted by Gasteiger charge is -2.38. The van der Waals surface area contributed by atoms with E-state index in [0.29, 0.717) is 23.8 Å². The number of hydrogen-bond donors (Lipinski definition) is 0. The number of aromatic amines is 1. The number of aryl methyl sites for hydroxylation is 1. The van der Waals surface area contributed by atoms with Crippen LogP contribution in [0.15, 0.2) is 82.7 Å². The molecule has 1 aliphatic heterocycles. The lowest BCUT2D eigenvalue weighted by Crippen LogP contribution is -2.47. The maximum atomic E-state index is 13.8. The second-order valence-electron chi connectivity index (χ2n) is 8.65. The summed E-state index contributed by atoms with van der Waals surface area (Å²) in [4.78, 5) is 8.12. The van der Waals surface area contributed by atoms with E-state index >= 15 is 0 Å². The van der Waals surface area contributed by atoms with Crippen LogP contribution >= 0.6 is 11.6 Å². The Hall–Kier alpha value is -3.29. The first kappa shape index (κ1) is 23.5. The first-order valence-electron chi connectivity index (χ1n) is 11.5. The zero-order valence-corrected chi connectivity index (χ0v) is 21.2. The summed E-state index contributed by atoms with van der Waals surface area (Å²) in [5.74, 6) is 0.829. The van der Waals surface area contributed by atoms with Gasteiger partial charge in [0.25, 0.3) is 0 Å². The quantitative estimate of drug-likeness (QED) is 0.388. The van der Waals surface area contributed by atoms with E-state index in [1.165, 1.54) is 0 Å². The van der Waals surface area contributed by atoms with E-state index in [1.54, 1.807) is 31.5 Å². The molecule has 35 heavy (non-hydrogen) atoms. The molecule has 1 aromatic heterocycles. The summed E-state index contributed by atoms with van der Waals surface area (Å²) >= 11 is 6.36. The fraction of sp³-hybridized carbons (Fsp3) is 0.222. The van der Waals surface area contributed by atoms with Crippen molar-refractivity contribution in [2.45, 2.75) is 16.7 Å². The molecule has 0 spiro atoms. The van der Waals surface area contributed by atoms with Crippen molar-refractivity contribution in [3.8, 4) is 5.75 Å². The number of hydrogen-bond acceptors (Lipinski definition) is 5.